The van der Waals surface area contributed by atoms with E-state index in [4.69, 9.17) is 0 Å². The zero-order chi connectivity index (χ0) is 17.2. The monoisotopic (exact) mass is 333 g/mol. The molecule has 0 aliphatic carbocycles. The van der Waals surface area contributed by atoms with Gasteiger partial charge in [0.1, 0.15) is 0 Å². The maximum atomic E-state index is 12.3. The van der Waals surface area contributed by atoms with Gasteiger partial charge < -0.3 is 10.3 Å². The number of carbonyl (C=O) groups is 1. The summed E-state index contributed by atoms with van der Waals surface area (Å²) in [5.74, 6) is 0.738. The quantitative estimate of drug-likeness (QED) is 0.589. The molecule has 0 fully saturated rings. The molecule has 0 unspecified atom stereocenters. The van der Waals surface area contributed by atoms with Crippen LogP contribution in [-0.4, -0.2) is 25.5 Å². The van der Waals surface area contributed by atoms with Crippen molar-refractivity contribution < 1.29 is 4.79 Å². The highest BCUT2D eigenvalue weighted by Crippen LogP contribution is 2.19. The van der Waals surface area contributed by atoms with Crippen molar-refractivity contribution in [2.75, 3.05) is 0 Å². The maximum Gasteiger partial charge on any atom is 0.220 e. The Hall–Kier alpha value is -3.15. The predicted molar refractivity (Wildman–Crippen MR) is 96.2 cm³/mol. The van der Waals surface area contributed by atoms with Crippen LogP contribution in [0.4, 0.5) is 0 Å². The number of nitrogens with zero attached hydrogens (tertiary/aromatic N) is 3. The Bertz CT molecular complexity index is 1030. The van der Waals surface area contributed by atoms with Gasteiger partial charge in [0.15, 0.2) is 11.5 Å². The van der Waals surface area contributed by atoms with Crippen molar-refractivity contribution in [2.45, 2.75) is 25.8 Å². The van der Waals surface area contributed by atoms with Crippen molar-refractivity contribution in [3.8, 4) is 0 Å². The van der Waals surface area contributed by atoms with Crippen LogP contribution in [-0.2, 0) is 11.2 Å². The van der Waals surface area contributed by atoms with E-state index in [1.54, 1.807) is 0 Å². The van der Waals surface area contributed by atoms with Gasteiger partial charge in [-0.1, -0.05) is 24.3 Å². The van der Waals surface area contributed by atoms with Gasteiger partial charge in [0.25, 0.3) is 0 Å². The molecule has 1 amide bonds. The lowest BCUT2D eigenvalue weighted by molar-refractivity contribution is -0.121. The molecule has 0 bridgehead atoms. The Morgan fingerprint density at radius 3 is 2.96 bits per heavy atom. The largest absolute Gasteiger partial charge is 0.361 e. The first kappa shape index (κ1) is 15.4. The summed E-state index contributed by atoms with van der Waals surface area (Å²) in [5, 5.41) is 12.5. The number of pyridine rings is 1. The number of rotatable bonds is 5. The number of aryl methyl sites for hydroxylation is 1. The van der Waals surface area contributed by atoms with Crippen LogP contribution < -0.4 is 5.32 Å². The van der Waals surface area contributed by atoms with E-state index in [0.717, 1.165) is 22.6 Å². The summed E-state index contributed by atoms with van der Waals surface area (Å²) in [6.07, 6.45) is 5.01. The van der Waals surface area contributed by atoms with Crippen LogP contribution in [0.2, 0.25) is 0 Å². The number of H-pyrrole nitrogens is 1. The highest BCUT2D eigenvalue weighted by molar-refractivity contribution is 5.84. The zero-order valence-corrected chi connectivity index (χ0v) is 13.9. The second kappa shape index (κ2) is 6.39. The van der Waals surface area contributed by atoms with Gasteiger partial charge in [0.05, 0.1) is 6.04 Å². The molecule has 0 radical (unpaired) electrons. The minimum Gasteiger partial charge on any atom is -0.361 e. The van der Waals surface area contributed by atoms with Crippen LogP contribution in [0.3, 0.4) is 0 Å². The molecule has 0 saturated carbocycles. The standard InChI is InChI=1S/C19H19N5O/c1-13(19-23-22-17-8-4-5-11-24(17)19)21-18(25)10-9-14-12-20-16-7-3-2-6-15(14)16/h2-8,11-13,20H,9-10H2,1H3,(H,21,25)/t13-/m0/s1. The molecular weight excluding hydrogens is 314 g/mol. The normalized spacial score (nSPS) is 12.5. The topological polar surface area (TPSA) is 75.1 Å². The summed E-state index contributed by atoms with van der Waals surface area (Å²) in [4.78, 5) is 15.6. The van der Waals surface area contributed by atoms with Crippen LogP contribution in [0.1, 0.15) is 30.8 Å². The second-order valence-corrected chi connectivity index (χ2v) is 6.14. The summed E-state index contributed by atoms with van der Waals surface area (Å²) in [6.45, 7) is 1.92. The van der Waals surface area contributed by atoms with E-state index in [2.05, 4.69) is 26.6 Å². The number of aromatic nitrogens is 4. The molecule has 126 valence electrons. The summed E-state index contributed by atoms with van der Waals surface area (Å²) in [7, 11) is 0. The summed E-state index contributed by atoms with van der Waals surface area (Å²) < 4.78 is 1.89. The van der Waals surface area contributed by atoms with E-state index in [1.165, 1.54) is 5.39 Å². The van der Waals surface area contributed by atoms with Crippen LogP contribution in [0.25, 0.3) is 16.6 Å². The number of hydrogen-bond donors (Lipinski definition) is 2. The first-order chi connectivity index (χ1) is 12.2. The van der Waals surface area contributed by atoms with E-state index in [9.17, 15) is 4.79 Å². The van der Waals surface area contributed by atoms with E-state index < -0.39 is 0 Å². The third kappa shape index (κ3) is 2.98. The number of benzene rings is 1. The lowest BCUT2D eigenvalue weighted by atomic mass is 10.1. The van der Waals surface area contributed by atoms with E-state index in [-0.39, 0.29) is 11.9 Å². The van der Waals surface area contributed by atoms with Crippen molar-refractivity contribution in [1.29, 1.82) is 0 Å². The average molecular weight is 333 g/mol. The number of nitrogens with one attached hydrogen (secondary N) is 2. The molecule has 6 heteroatoms. The van der Waals surface area contributed by atoms with Gasteiger partial charge in [-0.25, -0.2) is 0 Å². The molecule has 0 aliphatic heterocycles. The first-order valence-corrected chi connectivity index (χ1v) is 8.36. The van der Waals surface area contributed by atoms with Crippen LogP contribution >= 0.6 is 0 Å². The minimum atomic E-state index is -0.201. The molecule has 0 saturated heterocycles. The van der Waals surface area contributed by atoms with Gasteiger partial charge >= 0.3 is 0 Å². The number of para-hydroxylation sites is 1. The lowest BCUT2D eigenvalue weighted by Gasteiger charge is -2.12. The van der Waals surface area contributed by atoms with Gasteiger partial charge in [0.2, 0.25) is 5.91 Å². The SMILES string of the molecule is C[C@H](NC(=O)CCc1c[nH]c2ccccc12)c1nnc2ccccn12. The number of hydrogen-bond acceptors (Lipinski definition) is 3. The van der Waals surface area contributed by atoms with Crippen LogP contribution in [0.15, 0.2) is 54.9 Å². The minimum absolute atomic E-state index is 0.00506. The smallest absolute Gasteiger partial charge is 0.220 e. The zero-order valence-electron chi connectivity index (χ0n) is 13.9. The number of aromatic amines is 1. The third-order valence-corrected chi connectivity index (χ3v) is 4.40. The number of amides is 1. The summed E-state index contributed by atoms with van der Waals surface area (Å²) in [5.41, 5.74) is 3.03. The molecule has 4 rings (SSSR count). The molecule has 3 heterocycles. The first-order valence-electron chi connectivity index (χ1n) is 8.36. The van der Waals surface area contributed by atoms with Gasteiger partial charge in [0, 0.05) is 29.7 Å². The molecule has 4 aromatic rings. The van der Waals surface area contributed by atoms with E-state index in [1.807, 2.05) is 60.1 Å². The lowest BCUT2D eigenvalue weighted by Crippen LogP contribution is -2.28. The van der Waals surface area contributed by atoms with Gasteiger partial charge in [-0.15, -0.1) is 10.2 Å². The highest BCUT2D eigenvalue weighted by atomic mass is 16.1. The number of carbonyl (C=O) groups excluding carboxylic acids is 1. The molecule has 0 spiro atoms. The van der Waals surface area contributed by atoms with E-state index in [0.29, 0.717) is 12.8 Å². The van der Waals surface area contributed by atoms with Crippen molar-refractivity contribution in [2.24, 2.45) is 0 Å². The molecule has 3 aromatic heterocycles. The Labute approximate surface area is 144 Å². The number of fused-ring (bicyclic) bond motifs is 2. The Kier molecular flexibility index (Phi) is 3.93. The fourth-order valence-corrected chi connectivity index (χ4v) is 3.12. The molecule has 25 heavy (non-hydrogen) atoms. The average Bonchev–Trinajstić information content (AvgIpc) is 3.24. The molecule has 2 N–H and O–H groups in total. The van der Waals surface area contributed by atoms with Gasteiger partial charge in [-0.3, -0.25) is 9.20 Å². The summed E-state index contributed by atoms with van der Waals surface area (Å²) >= 11 is 0. The Morgan fingerprint density at radius 2 is 2.04 bits per heavy atom. The fourth-order valence-electron chi connectivity index (χ4n) is 3.12. The van der Waals surface area contributed by atoms with Crippen molar-refractivity contribution in [3.05, 3.63) is 66.2 Å². The Balaban J connectivity index is 1.42. The highest BCUT2D eigenvalue weighted by Gasteiger charge is 2.16. The van der Waals surface area contributed by atoms with Crippen molar-refractivity contribution >= 4 is 22.5 Å². The molecular formula is C19H19N5O. The summed E-state index contributed by atoms with van der Waals surface area (Å²) in [6, 6.07) is 13.7. The predicted octanol–water partition coefficient (Wildman–Crippen LogP) is 3.02. The fraction of sp³-hybridized carbons (Fsp3) is 0.211. The van der Waals surface area contributed by atoms with Gasteiger partial charge in [-0.2, -0.15) is 0 Å². The Morgan fingerprint density at radius 1 is 1.20 bits per heavy atom. The third-order valence-electron chi connectivity index (χ3n) is 4.40. The van der Waals surface area contributed by atoms with Gasteiger partial charge in [-0.05, 0) is 37.1 Å². The van der Waals surface area contributed by atoms with Crippen molar-refractivity contribution in [3.63, 3.8) is 0 Å². The molecule has 6 nitrogen and oxygen atoms in total. The van der Waals surface area contributed by atoms with Crippen LogP contribution in [0, 0.1) is 0 Å². The van der Waals surface area contributed by atoms with Crippen LogP contribution in [0.5, 0.6) is 0 Å². The maximum absolute atomic E-state index is 12.3. The molecule has 1 atom stereocenters. The second-order valence-electron chi connectivity index (χ2n) is 6.14. The van der Waals surface area contributed by atoms with Crippen molar-refractivity contribution in [1.82, 2.24) is 24.9 Å². The molecule has 1 aromatic carbocycles. The molecule has 0 aliphatic rings. The van der Waals surface area contributed by atoms with E-state index >= 15 is 0 Å².